The molecule has 0 spiro atoms. The van der Waals surface area contributed by atoms with Gasteiger partial charge in [-0.25, -0.2) is 8.60 Å². The molecule has 13 heteroatoms. The van der Waals surface area contributed by atoms with E-state index in [1.54, 1.807) is 50.2 Å². The Bertz CT molecular complexity index is 1480. The van der Waals surface area contributed by atoms with Crippen molar-refractivity contribution in [1.29, 1.82) is 0 Å². The molecule has 3 atom stereocenters. The second-order valence-corrected chi connectivity index (χ2v) is 12.2. The number of nitrogens with one attached hydrogen (secondary N) is 4. The van der Waals surface area contributed by atoms with Crippen LogP contribution in [0.4, 0.5) is 10.1 Å². The largest absolute Gasteiger partial charge is 0.354 e. The number of carbonyl (C=O) groups is 3. The Hall–Kier alpha value is -4.10. The lowest BCUT2D eigenvalue weighted by molar-refractivity contribution is -0.122. The molecular weight excluding hydrogens is 573 g/mol. The maximum Gasteiger partial charge on any atom is 0.251 e. The van der Waals surface area contributed by atoms with Crippen molar-refractivity contribution in [1.82, 2.24) is 31.0 Å². The lowest BCUT2D eigenvalue weighted by atomic mass is 10.1. The van der Waals surface area contributed by atoms with Gasteiger partial charge in [-0.05, 0) is 75.1 Å². The van der Waals surface area contributed by atoms with Crippen LogP contribution in [0.3, 0.4) is 0 Å². The van der Waals surface area contributed by atoms with Crippen LogP contribution in [0.5, 0.6) is 0 Å². The van der Waals surface area contributed by atoms with E-state index < -0.39 is 34.7 Å². The number of rotatable bonds is 14. The summed E-state index contributed by atoms with van der Waals surface area (Å²) >= 11 is 0. The summed E-state index contributed by atoms with van der Waals surface area (Å²) in [7, 11) is 1.61. The molecule has 0 saturated heterocycles. The second-order valence-electron chi connectivity index (χ2n) is 10.7. The number of hydrogen-bond donors (Lipinski definition) is 4. The highest BCUT2D eigenvalue weighted by molar-refractivity contribution is 7.86. The zero-order valence-corrected chi connectivity index (χ0v) is 25.5. The van der Waals surface area contributed by atoms with Crippen LogP contribution < -0.4 is 25.6 Å². The average molecular weight is 612 g/mol. The minimum Gasteiger partial charge on any atom is -0.354 e. The lowest BCUT2D eigenvalue weighted by Gasteiger charge is -2.21. The van der Waals surface area contributed by atoms with Gasteiger partial charge in [0.1, 0.15) is 5.82 Å². The summed E-state index contributed by atoms with van der Waals surface area (Å²) in [5, 5.41) is 15.9. The van der Waals surface area contributed by atoms with E-state index in [0.717, 1.165) is 18.4 Å². The second kappa shape index (κ2) is 14.4. The lowest BCUT2D eigenvalue weighted by Crippen LogP contribution is -2.45. The van der Waals surface area contributed by atoms with Crippen LogP contribution in [0.25, 0.3) is 0 Å². The van der Waals surface area contributed by atoms with E-state index >= 15 is 0 Å². The average Bonchev–Trinajstić information content (AvgIpc) is 3.74. The first kappa shape index (κ1) is 31.8. The van der Waals surface area contributed by atoms with E-state index in [1.165, 1.54) is 34.6 Å². The van der Waals surface area contributed by atoms with Crippen LogP contribution in [0.15, 0.2) is 59.8 Å². The number of hydrogen-bond acceptors (Lipinski definition) is 6. The Morgan fingerprint density at radius 3 is 2.35 bits per heavy atom. The third-order valence-electron chi connectivity index (χ3n) is 7.16. The highest BCUT2D eigenvalue weighted by atomic mass is 32.2. The number of benzene rings is 2. The predicted molar refractivity (Wildman–Crippen MR) is 162 cm³/mol. The summed E-state index contributed by atoms with van der Waals surface area (Å²) in [6, 6.07) is 9.06. The highest BCUT2D eigenvalue weighted by Gasteiger charge is 2.23. The zero-order chi connectivity index (χ0) is 31.1. The smallest absolute Gasteiger partial charge is 0.251 e. The summed E-state index contributed by atoms with van der Waals surface area (Å²) in [5.74, 6) is -0.819. The minimum absolute atomic E-state index is 0.0840. The summed E-state index contributed by atoms with van der Waals surface area (Å²) < 4.78 is 29.7. The normalized spacial score (nSPS) is 14.8. The van der Waals surface area contributed by atoms with Gasteiger partial charge in [0.2, 0.25) is 5.91 Å². The van der Waals surface area contributed by atoms with Gasteiger partial charge in [-0.2, -0.15) is 5.10 Å². The SMILES string of the molecule is CC(NC(=O)c1cc(C(=O)NCCN[C@@H](C)C(=O)NCC2CC2)cc(N(C)S(=O)c2ccc(F)cc2)c1)c1cnn(C)c1. The molecule has 1 aromatic heterocycles. The standard InChI is InChI=1S/C30H38FN7O4S/c1-19(24-17-35-37(3)18-24)36-30(41)23-13-22(14-26(15-23)38(4)43(42)27-9-7-25(31)8-10-27)29(40)33-12-11-32-20(2)28(39)34-16-21-5-6-21/h7-10,13-15,17-21,32H,5-6,11-12,16H2,1-4H3,(H,33,40)(H,34,39)(H,36,41)/t19?,20-,43?/m0/s1. The Labute approximate surface area is 253 Å². The topological polar surface area (TPSA) is 137 Å². The molecule has 1 heterocycles. The van der Waals surface area contributed by atoms with Crippen molar-refractivity contribution >= 4 is 34.4 Å². The number of aromatic nitrogens is 2. The van der Waals surface area contributed by atoms with Crippen molar-refractivity contribution in [2.75, 3.05) is 31.0 Å². The van der Waals surface area contributed by atoms with E-state index in [-0.39, 0.29) is 29.6 Å². The molecule has 230 valence electrons. The molecule has 1 aliphatic carbocycles. The quantitative estimate of drug-likeness (QED) is 0.207. The van der Waals surface area contributed by atoms with E-state index in [4.69, 9.17) is 0 Å². The number of aryl methyl sites for hydroxylation is 1. The number of amides is 3. The predicted octanol–water partition coefficient (Wildman–Crippen LogP) is 2.44. The molecule has 0 bridgehead atoms. The van der Waals surface area contributed by atoms with Gasteiger partial charge in [0.25, 0.3) is 11.8 Å². The van der Waals surface area contributed by atoms with E-state index in [0.29, 0.717) is 29.6 Å². The molecule has 1 aliphatic rings. The van der Waals surface area contributed by atoms with Crippen molar-refractivity contribution in [3.63, 3.8) is 0 Å². The van der Waals surface area contributed by atoms with Gasteiger partial charge in [0.05, 0.1) is 28.9 Å². The highest BCUT2D eigenvalue weighted by Crippen LogP contribution is 2.27. The van der Waals surface area contributed by atoms with Crippen molar-refractivity contribution in [3.05, 3.63) is 77.4 Å². The van der Waals surface area contributed by atoms with Crippen LogP contribution in [0, 0.1) is 11.7 Å². The molecule has 2 unspecified atom stereocenters. The first-order valence-corrected chi connectivity index (χ1v) is 15.3. The third-order valence-corrected chi connectivity index (χ3v) is 8.54. The van der Waals surface area contributed by atoms with E-state index in [9.17, 15) is 23.0 Å². The molecule has 2 aromatic carbocycles. The van der Waals surface area contributed by atoms with Gasteiger partial charge in [0.15, 0.2) is 11.0 Å². The molecular formula is C30H38FN7O4S. The summed E-state index contributed by atoms with van der Waals surface area (Å²) in [5.41, 5.74) is 1.55. The summed E-state index contributed by atoms with van der Waals surface area (Å²) in [4.78, 5) is 39.1. The molecule has 11 nitrogen and oxygen atoms in total. The molecule has 1 fully saturated rings. The molecule has 0 radical (unpaired) electrons. The maximum atomic E-state index is 13.4. The van der Waals surface area contributed by atoms with Crippen molar-refractivity contribution in [2.24, 2.45) is 13.0 Å². The monoisotopic (exact) mass is 611 g/mol. The van der Waals surface area contributed by atoms with Crippen LogP contribution in [-0.4, -0.2) is 64.4 Å². The summed E-state index contributed by atoms with van der Waals surface area (Å²) in [6.07, 6.45) is 5.76. The van der Waals surface area contributed by atoms with Crippen LogP contribution in [0.2, 0.25) is 0 Å². The van der Waals surface area contributed by atoms with E-state index in [2.05, 4.69) is 26.4 Å². The van der Waals surface area contributed by atoms with Crippen LogP contribution >= 0.6 is 0 Å². The maximum absolute atomic E-state index is 13.4. The molecule has 3 aromatic rings. The Kier molecular flexibility index (Phi) is 10.6. The van der Waals surface area contributed by atoms with Crippen molar-refractivity contribution < 1.29 is 23.0 Å². The fraction of sp³-hybridized carbons (Fsp3) is 0.400. The van der Waals surface area contributed by atoms with Crippen LogP contribution in [0.1, 0.15) is 59.0 Å². The molecule has 4 rings (SSSR count). The number of nitrogens with zero attached hydrogens (tertiary/aromatic N) is 3. The van der Waals surface area contributed by atoms with Gasteiger partial charge in [-0.1, -0.05) is 0 Å². The Morgan fingerprint density at radius 1 is 1.05 bits per heavy atom. The molecule has 0 aliphatic heterocycles. The van der Waals surface area contributed by atoms with E-state index in [1.807, 2.05) is 6.92 Å². The first-order chi connectivity index (χ1) is 20.5. The van der Waals surface area contributed by atoms with Gasteiger partial charge in [-0.3, -0.25) is 23.4 Å². The molecule has 3 amide bonds. The Balaban J connectivity index is 1.46. The number of halogens is 1. The fourth-order valence-corrected chi connectivity index (χ4v) is 5.25. The molecule has 4 N–H and O–H groups in total. The molecule has 43 heavy (non-hydrogen) atoms. The first-order valence-electron chi connectivity index (χ1n) is 14.2. The van der Waals surface area contributed by atoms with Gasteiger partial charge in [0, 0.05) is 56.6 Å². The third kappa shape index (κ3) is 8.94. The van der Waals surface area contributed by atoms with Crippen molar-refractivity contribution in [3.8, 4) is 0 Å². The zero-order valence-electron chi connectivity index (χ0n) is 24.7. The number of anilines is 1. The van der Waals surface area contributed by atoms with Crippen LogP contribution in [-0.2, 0) is 22.8 Å². The van der Waals surface area contributed by atoms with Gasteiger partial charge >= 0.3 is 0 Å². The number of carbonyl (C=O) groups excluding carboxylic acids is 3. The fourth-order valence-electron chi connectivity index (χ4n) is 4.27. The van der Waals surface area contributed by atoms with Gasteiger partial charge in [-0.15, -0.1) is 0 Å². The van der Waals surface area contributed by atoms with Crippen molar-refractivity contribution in [2.45, 2.75) is 43.7 Å². The Morgan fingerprint density at radius 2 is 1.72 bits per heavy atom. The minimum atomic E-state index is -1.74. The van der Waals surface area contributed by atoms with Gasteiger partial charge < -0.3 is 21.3 Å². The molecule has 1 saturated carbocycles. The summed E-state index contributed by atoms with van der Waals surface area (Å²) in [6.45, 7) is 4.87.